The van der Waals surface area contributed by atoms with E-state index < -0.39 is 5.82 Å². The molecule has 0 aliphatic heterocycles. The lowest BCUT2D eigenvalue weighted by molar-refractivity contribution is 0.275. The fraction of sp³-hybridized carbons (Fsp3) is 0.562. The van der Waals surface area contributed by atoms with E-state index in [4.69, 9.17) is 5.26 Å². The molecule has 1 aromatic carbocycles. The van der Waals surface area contributed by atoms with Crippen molar-refractivity contribution in [1.29, 1.82) is 5.26 Å². The average Bonchev–Trinajstić information content (AvgIpc) is 2.35. The summed E-state index contributed by atoms with van der Waals surface area (Å²) in [6.07, 6.45) is 0. The van der Waals surface area contributed by atoms with Crippen LogP contribution in [-0.2, 0) is 6.54 Å². The molecule has 0 atom stereocenters. The molecule has 0 bridgehead atoms. The third-order valence-electron chi connectivity index (χ3n) is 3.57. The van der Waals surface area contributed by atoms with E-state index in [1.165, 1.54) is 6.07 Å². The Morgan fingerprint density at radius 2 is 1.84 bits per heavy atom. The second-order valence-electron chi connectivity index (χ2n) is 5.71. The van der Waals surface area contributed by atoms with Crippen LogP contribution in [0.5, 0.6) is 0 Å². The summed E-state index contributed by atoms with van der Waals surface area (Å²) in [5.74, 6) is 1.44. The SMILES string of the molecule is CC(C)C(CNCc1ccc(F)c(C#N)c1)C(C)C. The van der Waals surface area contributed by atoms with Crippen LogP contribution < -0.4 is 5.32 Å². The second kappa shape index (κ2) is 7.25. The number of nitrogens with one attached hydrogen (secondary N) is 1. The smallest absolute Gasteiger partial charge is 0.140 e. The van der Waals surface area contributed by atoms with E-state index in [2.05, 4.69) is 33.0 Å². The fourth-order valence-electron chi connectivity index (χ4n) is 2.39. The van der Waals surface area contributed by atoms with Crippen molar-refractivity contribution >= 4 is 0 Å². The largest absolute Gasteiger partial charge is 0.312 e. The Morgan fingerprint density at radius 3 is 2.37 bits per heavy atom. The first-order valence-electron chi connectivity index (χ1n) is 6.85. The lowest BCUT2D eigenvalue weighted by Crippen LogP contribution is -2.29. The molecule has 3 heteroatoms. The zero-order chi connectivity index (χ0) is 14.4. The van der Waals surface area contributed by atoms with Crippen molar-refractivity contribution in [2.24, 2.45) is 17.8 Å². The molecule has 0 saturated heterocycles. The molecule has 0 heterocycles. The van der Waals surface area contributed by atoms with Crippen LogP contribution in [0.15, 0.2) is 18.2 Å². The molecule has 0 amide bonds. The number of halogens is 1. The zero-order valence-electron chi connectivity index (χ0n) is 12.2. The summed E-state index contributed by atoms with van der Waals surface area (Å²) in [6.45, 7) is 10.5. The van der Waals surface area contributed by atoms with Gasteiger partial charge in [-0.1, -0.05) is 33.8 Å². The van der Waals surface area contributed by atoms with Crippen LogP contribution >= 0.6 is 0 Å². The molecule has 0 aromatic heterocycles. The Hall–Kier alpha value is -1.40. The van der Waals surface area contributed by atoms with Crippen molar-refractivity contribution < 1.29 is 4.39 Å². The highest BCUT2D eigenvalue weighted by molar-refractivity contribution is 5.34. The average molecular weight is 262 g/mol. The lowest BCUT2D eigenvalue weighted by atomic mass is 9.85. The number of hydrogen-bond acceptors (Lipinski definition) is 2. The van der Waals surface area contributed by atoms with Gasteiger partial charge >= 0.3 is 0 Å². The van der Waals surface area contributed by atoms with E-state index in [1.807, 2.05) is 6.07 Å². The standard InChI is InChI=1S/C16H23FN2/c1-11(2)15(12(3)4)10-19-9-13-5-6-16(17)14(7-13)8-18/h5-7,11-12,15,19H,9-10H2,1-4H3. The van der Waals surface area contributed by atoms with Crippen LogP contribution in [-0.4, -0.2) is 6.54 Å². The van der Waals surface area contributed by atoms with Gasteiger partial charge in [0.05, 0.1) is 5.56 Å². The first kappa shape index (κ1) is 15.7. The second-order valence-corrected chi connectivity index (χ2v) is 5.71. The predicted molar refractivity (Wildman–Crippen MR) is 76.0 cm³/mol. The fourth-order valence-corrected chi connectivity index (χ4v) is 2.39. The Labute approximate surface area is 115 Å². The molecular weight excluding hydrogens is 239 g/mol. The van der Waals surface area contributed by atoms with Gasteiger partial charge < -0.3 is 5.32 Å². The molecule has 0 spiro atoms. The van der Waals surface area contributed by atoms with Crippen LogP contribution in [0.1, 0.15) is 38.8 Å². The lowest BCUT2D eigenvalue weighted by Gasteiger charge is -2.25. The molecule has 1 aromatic rings. The molecule has 104 valence electrons. The summed E-state index contributed by atoms with van der Waals surface area (Å²) in [5.41, 5.74) is 1.06. The third kappa shape index (κ3) is 4.65. The molecule has 2 nitrogen and oxygen atoms in total. The Kier molecular flexibility index (Phi) is 5.98. The highest BCUT2D eigenvalue weighted by Gasteiger charge is 2.16. The van der Waals surface area contributed by atoms with Gasteiger partial charge in [0.1, 0.15) is 11.9 Å². The quantitative estimate of drug-likeness (QED) is 0.848. The summed E-state index contributed by atoms with van der Waals surface area (Å²) in [7, 11) is 0. The zero-order valence-corrected chi connectivity index (χ0v) is 12.2. The van der Waals surface area contributed by atoms with Gasteiger partial charge in [0.15, 0.2) is 0 Å². The first-order valence-corrected chi connectivity index (χ1v) is 6.85. The topological polar surface area (TPSA) is 35.8 Å². The summed E-state index contributed by atoms with van der Waals surface area (Å²) < 4.78 is 13.2. The van der Waals surface area contributed by atoms with E-state index in [1.54, 1.807) is 12.1 Å². The van der Waals surface area contributed by atoms with E-state index in [0.29, 0.717) is 24.3 Å². The van der Waals surface area contributed by atoms with Gasteiger partial charge in [-0.2, -0.15) is 5.26 Å². The number of nitriles is 1. The van der Waals surface area contributed by atoms with Gasteiger partial charge in [0.25, 0.3) is 0 Å². The predicted octanol–water partition coefficient (Wildman–Crippen LogP) is 3.72. The maximum Gasteiger partial charge on any atom is 0.140 e. The van der Waals surface area contributed by atoms with Gasteiger partial charge in [0, 0.05) is 6.54 Å². The molecule has 0 radical (unpaired) electrons. The molecule has 0 aliphatic rings. The molecule has 1 rings (SSSR count). The Balaban J connectivity index is 2.56. The summed E-state index contributed by atoms with van der Waals surface area (Å²) >= 11 is 0. The van der Waals surface area contributed by atoms with Crippen molar-refractivity contribution in [2.45, 2.75) is 34.2 Å². The molecule has 19 heavy (non-hydrogen) atoms. The molecule has 1 N–H and O–H groups in total. The van der Waals surface area contributed by atoms with Crippen LogP contribution in [0, 0.1) is 34.9 Å². The third-order valence-corrected chi connectivity index (χ3v) is 3.57. The van der Waals surface area contributed by atoms with Crippen molar-refractivity contribution in [3.63, 3.8) is 0 Å². The van der Waals surface area contributed by atoms with Crippen molar-refractivity contribution in [3.8, 4) is 6.07 Å². The summed E-state index contributed by atoms with van der Waals surface area (Å²) in [4.78, 5) is 0. The molecular formula is C16H23FN2. The van der Waals surface area contributed by atoms with Crippen molar-refractivity contribution in [3.05, 3.63) is 35.1 Å². The monoisotopic (exact) mass is 262 g/mol. The van der Waals surface area contributed by atoms with Crippen molar-refractivity contribution in [1.82, 2.24) is 5.32 Å². The van der Waals surface area contributed by atoms with E-state index >= 15 is 0 Å². The Bertz CT molecular complexity index is 439. The minimum atomic E-state index is -0.450. The summed E-state index contributed by atoms with van der Waals surface area (Å²) in [5, 5.41) is 12.2. The van der Waals surface area contributed by atoms with Gasteiger partial charge in [-0.05, 0) is 42.0 Å². The molecule has 0 unspecified atom stereocenters. The minimum absolute atomic E-state index is 0.114. The Morgan fingerprint density at radius 1 is 1.21 bits per heavy atom. The first-order chi connectivity index (χ1) is 8.95. The van der Waals surface area contributed by atoms with Gasteiger partial charge in [0.2, 0.25) is 0 Å². The maximum absolute atomic E-state index is 13.2. The van der Waals surface area contributed by atoms with Crippen LogP contribution in [0.2, 0.25) is 0 Å². The van der Waals surface area contributed by atoms with E-state index in [0.717, 1.165) is 12.1 Å². The number of nitrogens with zero attached hydrogens (tertiary/aromatic N) is 1. The number of rotatable bonds is 6. The number of benzene rings is 1. The van der Waals surface area contributed by atoms with Gasteiger partial charge in [-0.15, -0.1) is 0 Å². The minimum Gasteiger partial charge on any atom is -0.312 e. The normalized spacial score (nSPS) is 11.3. The van der Waals surface area contributed by atoms with E-state index in [-0.39, 0.29) is 5.56 Å². The molecule has 0 aliphatic carbocycles. The van der Waals surface area contributed by atoms with Crippen LogP contribution in [0.4, 0.5) is 4.39 Å². The van der Waals surface area contributed by atoms with E-state index in [9.17, 15) is 4.39 Å². The molecule has 0 fully saturated rings. The maximum atomic E-state index is 13.2. The van der Waals surface area contributed by atoms with Crippen LogP contribution in [0.25, 0.3) is 0 Å². The summed E-state index contributed by atoms with van der Waals surface area (Å²) in [6, 6.07) is 6.57. The van der Waals surface area contributed by atoms with Gasteiger partial charge in [-0.25, -0.2) is 4.39 Å². The van der Waals surface area contributed by atoms with Crippen molar-refractivity contribution in [2.75, 3.05) is 6.54 Å². The highest BCUT2D eigenvalue weighted by Crippen LogP contribution is 2.19. The number of hydrogen-bond donors (Lipinski definition) is 1. The van der Waals surface area contributed by atoms with Crippen LogP contribution in [0.3, 0.4) is 0 Å². The van der Waals surface area contributed by atoms with Gasteiger partial charge in [-0.3, -0.25) is 0 Å². The molecule has 0 saturated carbocycles. The highest BCUT2D eigenvalue weighted by atomic mass is 19.1.